The summed E-state index contributed by atoms with van der Waals surface area (Å²) in [7, 11) is 0. The van der Waals surface area contributed by atoms with Crippen molar-refractivity contribution in [1.29, 1.82) is 0 Å². The first kappa shape index (κ1) is 16.9. The van der Waals surface area contributed by atoms with Gasteiger partial charge in [0.05, 0.1) is 5.56 Å². The molecule has 0 fully saturated rings. The van der Waals surface area contributed by atoms with Crippen LogP contribution in [0, 0.1) is 0 Å². The summed E-state index contributed by atoms with van der Waals surface area (Å²) < 4.78 is 5.27. The Hall–Kier alpha value is -2.92. The van der Waals surface area contributed by atoms with Gasteiger partial charge in [0, 0.05) is 27.6 Å². The van der Waals surface area contributed by atoms with Crippen LogP contribution in [0.25, 0.3) is 10.9 Å². The smallest absolute Gasteiger partial charge is 0.339 e. The van der Waals surface area contributed by atoms with Crippen LogP contribution < -0.4 is 5.56 Å². The average molecular weight is 356 g/mol. The minimum atomic E-state index is -0.994. The second-order valence-corrected chi connectivity index (χ2v) is 5.95. The highest BCUT2D eigenvalue weighted by molar-refractivity contribution is 6.30. The molecular formula is C19H14ClNO4. The number of rotatable bonds is 4. The van der Waals surface area contributed by atoms with E-state index in [1.165, 1.54) is 13.0 Å². The van der Waals surface area contributed by atoms with Crippen molar-refractivity contribution >= 4 is 34.3 Å². The van der Waals surface area contributed by atoms with Gasteiger partial charge in [-0.25, -0.2) is 4.79 Å². The number of H-pyrrole nitrogens is 1. The fraction of sp³-hybridized carbons (Fsp3) is 0.105. The highest BCUT2D eigenvalue weighted by Crippen LogP contribution is 2.17. The summed E-state index contributed by atoms with van der Waals surface area (Å²) in [6.07, 6.45) is -0.994. The Balaban J connectivity index is 1.86. The molecule has 0 amide bonds. The molecular weight excluding hydrogens is 342 g/mol. The van der Waals surface area contributed by atoms with Gasteiger partial charge in [-0.3, -0.25) is 9.59 Å². The molecule has 0 saturated heterocycles. The molecule has 1 N–H and O–H groups in total. The van der Waals surface area contributed by atoms with Crippen LogP contribution in [0.2, 0.25) is 5.02 Å². The van der Waals surface area contributed by atoms with Gasteiger partial charge in [-0.05, 0) is 37.3 Å². The number of ketones is 1. The van der Waals surface area contributed by atoms with Gasteiger partial charge in [-0.1, -0.05) is 29.8 Å². The summed E-state index contributed by atoms with van der Waals surface area (Å²) in [5.74, 6) is -1.07. The topological polar surface area (TPSA) is 76.2 Å². The lowest BCUT2D eigenvalue weighted by atomic mass is 10.1. The third-order valence-electron chi connectivity index (χ3n) is 3.75. The van der Waals surface area contributed by atoms with Crippen LogP contribution in [-0.4, -0.2) is 22.8 Å². The molecule has 2 aromatic carbocycles. The second kappa shape index (κ2) is 6.91. The molecule has 1 atom stereocenters. The number of carbonyl (C=O) groups excluding carboxylic acids is 2. The Morgan fingerprint density at radius 2 is 1.76 bits per heavy atom. The number of carbonyl (C=O) groups is 2. The largest absolute Gasteiger partial charge is 0.451 e. The SMILES string of the molecule is C[C@H](OC(=O)c1cc(=O)[nH]c2ccccc12)C(=O)c1ccc(Cl)cc1. The summed E-state index contributed by atoms with van der Waals surface area (Å²) in [5, 5.41) is 1.06. The maximum atomic E-state index is 12.5. The predicted octanol–water partition coefficient (Wildman–Crippen LogP) is 3.61. The van der Waals surface area contributed by atoms with Crippen LogP contribution >= 0.6 is 11.6 Å². The van der Waals surface area contributed by atoms with E-state index in [9.17, 15) is 14.4 Å². The molecule has 0 saturated carbocycles. The van der Waals surface area contributed by atoms with Gasteiger partial charge < -0.3 is 9.72 Å². The van der Waals surface area contributed by atoms with E-state index < -0.39 is 17.6 Å². The zero-order valence-electron chi connectivity index (χ0n) is 13.3. The highest BCUT2D eigenvalue weighted by Gasteiger charge is 2.22. The summed E-state index contributed by atoms with van der Waals surface area (Å²) in [6.45, 7) is 1.49. The van der Waals surface area contributed by atoms with Crippen molar-refractivity contribution in [2.24, 2.45) is 0 Å². The van der Waals surface area contributed by atoms with Gasteiger partial charge in [0.1, 0.15) is 0 Å². The molecule has 3 rings (SSSR count). The molecule has 1 aromatic heterocycles. The lowest BCUT2D eigenvalue weighted by molar-refractivity contribution is 0.0320. The number of halogens is 1. The van der Waals surface area contributed by atoms with Crippen LogP contribution in [0.15, 0.2) is 59.4 Å². The summed E-state index contributed by atoms with van der Waals surface area (Å²) in [4.78, 5) is 39.2. The van der Waals surface area contributed by atoms with E-state index in [0.717, 1.165) is 0 Å². The quantitative estimate of drug-likeness (QED) is 0.573. The summed E-state index contributed by atoms with van der Waals surface area (Å²) in [6, 6.07) is 14.4. The van der Waals surface area contributed by atoms with Crippen molar-refractivity contribution in [2.45, 2.75) is 13.0 Å². The molecule has 0 radical (unpaired) electrons. The van der Waals surface area contributed by atoms with Crippen LogP contribution in [0.3, 0.4) is 0 Å². The molecule has 126 valence electrons. The Bertz CT molecular complexity index is 1010. The van der Waals surface area contributed by atoms with E-state index in [4.69, 9.17) is 16.3 Å². The first-order valence-corrected chi connectivity index (χ1v) is 7.96. The number of para-hydroxylation sites is 1. The predicted molar refractivity (Wildman–Crippen MR) is 95.2 cm³/mol. The number of aromatic nitrogens is 1. The standard InChI is InChI=1S/C19H14ClNO4/c1-11(18(23)12-6-8-13(20)9-7-12)25-19(24)15-10-17(22)21-16-5-3-2-4-14(15)16/h2-11H,1H3,(H,21,22)/t11-/m0/s1. The van der Waals surface area contributed by atoms with Crippen LogP contribution in [0.1, 0.15) is 27.6 Å². The normalized spacial score (nSPS) is 11.9. The molecule has 0 aliphatic carbocycles. The van der Waals surface area contributed by atoms with E-state index in [0.29, 0.717) is 21.5 Å². The molecule has 1 heterocycles. The Labute approximate surface area is 148 Å². The van der Waals surface area contributed by atoms with Gasteiger partial charge in [0.15, 0.2) is 6.10 Å². The Morgan fingerprint density at radius 1 is 1.08 bits per heavy atom. The number of nitrogens with one attached hydrogen (secondary N) is 1. The van der Waals surface area contributed by atoms with Crippen molar-refractivity contribution in [3.63, 3.8) is 0 Å². The minimum Gasteiger partial charge on any atom is -0.451 e. The number of fused-ring (bicyclic) bond motifs is 1. The fourth-order valence-electron chi connectivity index (χ4n) is 2.50. The molecule has 6 heteroatoms. The third kappa shape index (κ3) is 3.61. The van der Waals surface area contributed by atoms with E-state index in [1.807, 2.05) is 0 Å². The maximum Gasteiger partial charge on any atom is 0.339 e. The number of ether oxygens (including phenoxy) is 1. The van der Waals surface area contributed by atoms with Gasteiger partial charge >= 0.3 is 5.97 Å². The van der Waals surface area contributed by atoms with Gasteiger partial charge in [-0.15, -0.1) is 0 Å². The Kier molecular flexibility index (Phi) is 4.67. The molecule has 3 aromatic rings. The minimum absolute atomic E-state index is 0.120. The van der Waals surface area contributed by atoms with Gasteiger partial charge in [-0.2, -0.15) is 0 Å². The number of Topliss-reactive ketones (excluding diaryl/α,β-unsaturated/α-hetero) is 1. The molecule has 0 aliphatic heterocycles. The van der Waals surface area contributed by atoms with Crippen molar-refractivity contribution in [3.8, 4) is 0 Å². The lowest BCUT2D eigenvalue weighted by Crippen LogP contribution is -2.25. The number of aromatic amines is 1. The van der Waals surface area contributed by atoms with Crippen molar-refractivity contribution in [1.82, 2.24) is 4.98 Å². The average Bonchev–Trinajstić information content (AvgIpc) is 2.60. The highest BCUT2D eigenvalue weighted by atomic mass is 35.5. The zero-order chi connectivity index (χ0) is 18.0. The molecule has 25 heavy (non-hydrogen) atoms. The maximum absolute atomic E-state index is 12.5. The van der Waals surface area contributed by atoms with Gasteiger partial charge in [0.2, 0.25) is 11.3 Å². The second-order valence-electron chi connectivity index (χ2n) is 5.51. The van der Waals surface area contributed by atoms with Crippen molar-refractivity contribution in [2.75, 3.05) is 0 Å². The molecule has 0 bridgehead atoms. The van der Waals surface area contributed by atoms with E-state index in [1.54, 1.807) is 48.5 Å². The number of esters is 1. The summed E-state index contributed by atoms with van der Waals surface area (Å²) in [5.41, 5.74) is 0.622. The molecule has 0 aliphatic rings. The molecule has 5 nitrogen and oxygen atoms in total. The third-order valence-corrected chi connectivity index (χ3v) is 4.00. The fourth-order valence-corrected chi connectivity index (χ4v) is 2.63. The van der Waals surface area contributed by atoms with Crippen molar-refractivity contribution < 1.29 is 14.3 Å². The zero-order valence-corrected chi connectivity index (χ0v) is 14.0. The number of hydrogen-bond donors (Lipinski definition) is 1. The van der Waals surface area contributed by atoms with Gasteiger partial charge in [0.25, 0.3) is 0 Å². The number of hydrogen-bond acceptors (Lipinski definition) is 4. The Morgan fingerprint density at radius 3 is 2.48 bits per heavy atom. The van der Waals surface area contributed by atoms with E-state index >= 15 is 0 Å². The first-order chi connectivity index (χ1) is 12.0. The first-order valence-electron chi connectivity index (χ1n) is 7.58. The van der Waals surface area contributed by atoms with E-state index in [-0.39, 0.29) is 11.3 Å². The van der Waals surface area contributed by atoms with Crippen LogP contribution in [-0.2, 0) is 4.74 Å². The number of pyridine rings is 1. The lowest BCUT2D eigenvalue weighted by Gasteiger charge is -2.13. The van der Waals surface area contributed by atoms with Crippen molar-refractivity contribution in [3.05, 3.63) is 81.1 Å². The summed E-state index contributed by atoms with van der Waals surface area (Å²) >= 11 is 5.80. The van der Waals surface area contributed by atoms with Crippen LogP contribution in [0.5, 0.6) is 0 Å². The van der Waals surface area contributed by atoms with Crippen LogP contribution in [0.4, 0.5) is 0 Å². The monoisotopic (exact) mass is 355 g/mol. The molecule has 0 unspecified atom stereocenters. The number of benzene rings is 2. The molecule has 0 spiro atoms. The van der Waals surface area contributed by atoms with E-state index in [2.05, 4.69) is 4.98 Å².